The topological polar surface area (TPSA) is 66.8 Å². The third-order valence-corrected chi connectivity index (χ3v) is 7.48. The third kappa shape index (κ3) is 11.9. The zero-order valence-electron chi connectivity index (χ0n) is 24.1. The van der Waals surface area contributed by atoms with Crippen LogP contribution in [0.2, 0.25) is 0 Å². The van der Waals surface area contributed by atoms with Gasteiger partial charge < -0.3 is 14.9 Å². The second-order valence-electron chi connectivity index (χ2n) is 10.8. The highest BCUT2D eigenvalue weighted by molar-refractivity contribution is 5.95. The van der Waals surface area contributed by atoms with Crippen LogP contribution in [0.3, 0.4) is 0 Å². The number of aromatic hydroxyl groups is 2. The van der Waals surface area contributed by atoms with Crippen LogP contribution in [0.15, 0.2) is 36.4 Å². The Labute approximate surface area is 231 Å². The van der Waals surface area contributed by atoms with Gasteiger partial charge in [-0.3, -0.25) is 0 Å². The van der Waals surface area contributed by atoms with Crippen molar-refractivity contribution in [3.63, 3.8) is 0 Å². The monoisotopic (exact) mass is 524 g/mol. The summed E-state index contributed by atoms with van der Waals surface area (Å²) in [7, 11) is 0. The molecule has 0 atom stereocenters. The quantitative estimate of drug-likeness (QED) is 0.0738. The van der Waals surface area contributed by atoms with Crippen LogP contribution in [0.5, 0.6) is 17.2 Å². The highest BCUT2D eigenvalue weighted by atomic mass is 16.5. The van der Waals surface area contributed by atoms with Crippen molar-refractivity contribution in [2.75, 3.05) is 0 Å². The Morgan fingerprint density at radius 1 is 0.579 bits per heavy atom. The van der Waals surface area contributed by atoms with Crippen molar-refractivity contribution in [2.24, 2.45) is 0 Å². The summed E-state index contributed by atoms with van der Waals surface area (Å²) in [6.07, 6.45) is 22.6. The maximum atomic E-state index is 12.9. The van der Waals surface area contributed by atoms with Gasteiger partial charge >= 0.3 is 5.97 Å². The van der Waals surface area contributed by atoms with Crippen LogP contribution in [0.4, 0.5) is 0 Å². The molecule has 2 rings (SSSR count). The molecular formula is C34H52O4. The van der Waals surface area contributed by atoms with Gasteiger partial charge in [0.15, 0.2) is 11.5 Å². The number of rotatable bonds is 21. The molecular weight excluding hydrogens is 472 g/mol. The van der Waals surface area contributed by atoms with Crippen molar-refractivity contribution in [3.05, 3.63) is 53.1 Å². The molecule has 0 aromatic heterocycles. The smallest absolute Gasteiger partial charge is 0.347 e. The van der Waals surface area contributed by atoms with Crippen molar-refractivity contribution >= 4 is 5.97 Å². The normalized spacial score (nSPS) is 11.1. The lowest BCUT2D eigenvalue weighted by Gasteiger charge is -2.13. The lowest BCUT2D eigenvalue weighted by atomic mass is 10.0. The highest BCUT2D eigenvalue weighted by Crippen LogP contribution is 2.35. The number of para-hydroxylation sites is 1. The molecule has 0 bridgehead atoms. The molecule has 0 aliphatic carbocycles. The number of ether oxygens (including phenoxy) is 1. The molecule has 0 fully saturated rings. The maximum Gasteiger partial charge on any atom is 0.347 e. The van der Waals surface area contributed by atoms with E-state index >= 15 is 0 Å². The zero-order valence-corrected chi connectivity index (χ0v) is 24.1. The second kappa shape index (κ2) is 19.6. The van der Waals surface area contributed by atoms with Gasteiger partial charge in [0.1, 0.15) is 11.3 Å². The number of hydrogen-bond acceptors (Lipinski definition) is 4. The van der Waals surface area contributed by atoms with Crippen molar-refractivity contribution in [1.29, 1.82) is 0 Å². The summed E-state index contributed by atoms with van der Waals surface area (Å²) in [5.41, 5.74) is 1.67. The lowest BCUT2D eigenvalue weighted by molar-refractivity contribution is 0.0729. The summed E-state index contributed by atoms with van der Waals surface area (Å²) in [6.45, 7) is 4.47. The van der Waals surface area contributed by atoms with E-state index in [-0.39, 0.29) is 17.1 Å². The van der Waals surface area contributed by atoms with Gasteiger partial charge in [-0.25, -0.2) is 4.79 Å². The third-order valence-electron chi connectivity index (χ3n) is 7.48. The first kappa shape index (κ1) is 31.7. The number of carbonyl (C=O) groups excluding carboxylic acids is 1. The van der Waals surface area contributed by atoms with Crippen molar-refractivity contribution < 1.29 is 19.7 Å². The van der Waals surface area contributed by atoms with E-state index in [0.29, 0.717) is 17.7 Å². The number of unbranched alkanes of at least 4 members (excludes halogenated alkanes) is 15. The Balaban J connectivity index is 1.79. The molecule has 38 heavy (non-hydrogen) atoms. The van der Waals surface area contributed by atoms with Crippen LogP contribution >= 0.6 is 0 Å². The SMILES string of the molecule is CCCCCCCCCCCCc1ccc(C(=O)Oc2ccccc2CCCCCCCCC)c(O)c1O. The van der Waals surface area contributed by atoms with E-state index in [9.17, 15) is 15.0 Å². The first-order chi connectivity index (χ1) is 18.6. The Morgan fingerprint density at radius 2 is 1.05 bits per heavy atom. The number of phenolic OH excluding ortho intramolecular Hbond substituents is 2. The largest absolute Gasteiger partial charge is 0.504 e. The summed E-state index contributed by atoms with van der Waals surface area (Å²) in [5.74, 6) is -0.706. The Hall–Kier alpha value is -2.49. The van der Waals surface area contributed by atoms with E-state index in [0.717, 1.165) is 31.2 Å². The summed E-state index contributed by atoms with van der Waals surface area (Å²) in [5, 5.41) is 21.1. The molecule has 2 aromatic rings. The molecule has 0 amide bonds. The Morgan fingerprint density at radius 3 is 1.61 bits per heavy atom. The first-order valence-corrected chi connectivity index (χ1v) is 15.4. The maximum absolute atomic E-state index is 12.9. The second-order valence-corrected chi connectivity index (χ2v) is 10.8. The van der Waals surface area contributed by atoms with Crippen LogP contribution in [0.1, 0.15) is 144 Å². The van der Waals surface area contributed by atoms with Crippen LogP contribution in [-0.2, 0) is 12.8 Å². The zero-order chi connectivity index (χ0) is 27.4. The van der Waals surface area contributed by atoms with Gasteiger partial charge in [-0.05, 0) is 48.9 Å². The van der Waals surface area contributed by atoms with Crippen LogP contribution < -0.4 is 4.74 Å². The number of aryl methyl sites for hydroxylation is 2. The minimum absolute atomic E-state index is 0.0000465. The molecule has 0 unspecified atom stereocenters. The van der Waals surface area contributed by atoms with Crippen molar-refractivity contribution in [1.82, 2.24) is 0 Å². The van der Waals surface area contributed by atoms with Crippen molar-refractivity contribution in [3.8, 4) is 17.2 Å². The minimum Gasteiger partial charge on any atom is -0.504 e. The van der Waals surface area contributed by atoms with Gasteiger partial charge in [-0.2, -0.15) is 0 Å². The molecule has 0 spiro atoms. The fourth-order valence-electron chi connectivity index (χ4n) is 5.03. The van der Waals surface area contributed by atoms with E-state index in [4.69, 9.17) is 4.74 Å². The molecule has 0 aliphatic heterocycles. The van der Waals surface area contributed by atoms with E-state index in [2.05, 4.69) is 13.8 Å². The molecule has 212 valence electrons. The van der Waals surface area contributed by atoms with E-state index < -0.39 is 5.97 Å². The molecule has 2 aromatic carbocycles. The molecule has 4 heteroatoms. The van der Waals surface area contributed by atoms with Crippen LogP contribution in [0, 0.1) is 0 Å². The van der Waals surface area contributed by atoms with E-state index in [1.807, 2.05) is 18.2 Å². The molecule has 0 heterocycles. The summed E-state index contributed by atoms with van der Waals surface area (Å²) in [6, 6.07) is 10.9. The average Bonchev–Trinajstić information content (AvgIpc) is 2.92. The summed E-state index contributed by atoms with van der Waals surface area (Å²) >= 11 is 0. The number of carbonyl (C=O) groups is 1. The van der Waals surface area contributed by atoms with Crippen LogP contribution in [-0.4, -0.2) is 16.2 Å². The molecule has 2 N–H and O–H groups in total. The first-order valence-electron chi connectivity index (χ1n) is 15.4. The number of phenols is 2. The summed E-state index contributed by atoms with van der Waals surface area (Å²) < 4.78 is 5.67. The predicted molar refractivity (Wildman–Crippen MR) is 158 cm³/mol. The fraction of sp³-hybridized carbons (Fsp3) is 0.618. The lowest BCUT2D eigenvalue weighted by Crippen LogP contribution is -2.10. The van der Waals surface area contributed by atoms with Gasteiger partial charge in [-0.15, -0.1) is 0 Å². The molecule has 0 aliphatic rings. The Kier molecular flexibility index (Phi) is 16.3. The molecule has 4 nitrogen and oxygen atoms in total. The van der Waals surface area contributed by atoms with Gasteiger partial charge in [0.05, 0.1) is 0 Å². The van der Waals surface area contributed by atoms with Gasteiger partial charge in [0.25, 0.3) is 0 Å². The predicted octanol–water partition coefficient (Wildman–Crippen LogP) is 10.1. The standard InChI is InChI=1S/C34H52O4/c1-3-5-7-9-11-12-13-15-17-19-24-29-26-27-30(33(36)32(29)35)34(37)38-31-25-21-20-23-28(31)22-18-16-14-10-8-6-4-2/h20-21,23,25-27,35-36H,3-19,22,24H2,1-2H3. The number of esters is 1. The van der Waals surface area contributed by atoms with E-state index in [1.165, 1.54) is 89.9 Å². The Bertz CT molecular complexity index is 921. The van der Waals surface area contributed by atoms with E-state index in [1.54, 1.807) is 18.2 Å². The number of hydrogen-bond donors (Lipinski definition) is 2. The summed E-state index contributed by atoms with van der Waals surface area (Å²) in [4.78, 5) is 12.9. The van der Waals surface area contributed by atoms with Gasteiger partial charge in [0.2, 0.25) is 0 Å². The van der Waals surface area contributed by atoms with Gasteiger partial charge in [0, 0.05) is 0 Å². The highest BCUT2D eigenvalue weighted by Gasteiger charge is 2.20. The van der Waals surface area contributed by atoms with Crippen LogP contribution in [0.25, 0.3) is 0 Å². The van der Waals surface area contributed by atoms with Crippen molar-refractivity contribution in [2.45, 2.75) is 136 Å². The molecule has 0 saturated heterocycles. The average molecular weight is 525 g/mol. The molecule has 0 saturated carbocycles. The van der Waals surface area contributed by atoms with Gasteiger partial charge in [-0.1, -0.05) is 134 Å². The number of benzene rings is 2. The minimum atomic E-state index is -0.643. The fourth-order valence-corrected chi connectivity index (χ4v) is 5.03. The molecule has 0 radical (unpaired) electrons.